The standard InChI is InChI=1S/C29H31N3O2/c1-3-10-24(11-4-1)28(25-12-5-2-6-13-25)32-20-18-31(19-21-32)17-9-22-33-27-15-8-7-14-26(27)29-30-16-23-34-29/h1-8,10-16,23,28H,9,17-22H2. The van der Waals surface area contributed by atoms with Crippen LogP contribution in [0.4, 0.5) is 0 Å². The summed E-state index contributed by atoms with van der Waals surface area (Å²) >= 11 is 0. The fraction of sp³-hybridized carbons (Fsp3) is 0.276. The predicted molar refractivity (Wildman–Crippen MR) is 135 cm³/mol. The molecule has 4 aromatic rings. The van der Waals surface area contributed by atoms with E-state index < -0.39 is 0 Å². The molecule has 1 aliphatic rings. The lowest BCUT2D eigenvalue weighted by Gasteiger charge is -2.39. The molecule has 1 fully saturated rings. The van der Waals surface area contributed by atoms with E-state index >= 15 is 0 Å². The van der Waals surface area contributed by atoms with Crippen LogP contribution in [0.2, 0.25) is 0 Å². The highest BCUT2D eigenvalue weighted by Crippen LogP contribution is 2.30. The van der Waals surface area contributed by atoms with E-state index in [1.54, 1.807) is 12.5 Å². The van der Waals surface area contributed by atoms with Crippen molar-refractivity contribution in [3.8, 4) is 17.2 Å². The van der Waals surface area contributed by atoms with Gasteiger partial charge in [-0.05, 0) is 29.7 Å². The quantitative estimate of drug-likeness (QED) is 0.312. The number of rotatable bonds is 9. The van der Waals surface area contributed by atoms with Crippen LogP contribution >= 0.6 is 0 Å². The second kappa shape index (κ2) is 11.1. The first kappa shape index (κ1) is 22.4. The number of hydrogen-bond donors (Lipinski definition) is 0. The van der Waals surface area contributed by atoms with Crippen molar-refractivity contribution in [2.45, 2.75) is 12.5 Å². The predicted octanol–water partition coefficient (Wildman–Crippen LogP) is 5.52. The monoisotopic (exact) mass is 453 g/mol. The second-order valence-electron chi connectivity index (χ2n) is 8.64. The SMILES string of the molecule is c1ccc(C(c2ccccc2)N2CCN(CCCOc3ccccc3-c3ncco3)CC2)cc1. The highest BCUT2D eigenvalue weighted by Gasteiger charge is 2.26. The first-order valence-electron chi connectivity index (χ1n) is 12.1. The molecule has 0 spiro atoms. The number of benzene rings is 3. The fourth-order valence-electron chi connectivity index (χ4n) is 4.73. The number of oxazole rings is 1. The zero-order valence-electron chi connectivity index (χ0n) is 19.4. The molecule has 34 heavy (non-hydrogen) atoms. The van der Waals surface area contributed by atoms with Gasteiger partial charge in [0, 0.05) is 32.7 Å². The Morgan fingerprint density at radius 1 is 0.794 bits per heavy atom. The van der Waals surface area contributed by atoms with Gasteiger partial charge in [0.2, 0.25) is 5.89 Å². The zero-order chi connectivity index (χ0) is 23.0. The third-order valence-electron chi connectivity index (χ3n) is 6.43. The van der Waals surface area contributed by atoms with Crippen LogP contribution in [0.5, 0.6) is 5.75 Å². The molecule has 174 valence electrons. The summed E-state index contributed by atoms with van der Waals surface area (Å²) in [6.07, 6.45) is 4.23. The second-order valence-corrected chi connectivity index (χ2v) is 8.64. The summed E-state index contributed by atoms with van der Waals surface area (Å²) in [5.41, 5.74) is 3.62. The summed E-state index contributed by atoms with van der Waals surface area (Å²) in [5.74, 6) is 1.42. The number of ether oxygens (including phenoxy) is 1. The Balaban J connectivity index is 1.13. The van der Waals surface area contributed by atoms with Crippen LogP contribution in [-0.4, -0.2) is 54.1 Å². The summed E-state index contributed by atoms with van der Waals surface area (Å²) in [4.78, 5) is 9.42. The first-order valence-corrected chi connectivity index (χ1v) is 12.1. The van der Waals surface area contributed by atoms with Crippen LogP contribution in [0.3, 0.4) is 0 Å². The molecule has 1 aromatic heterocycles. The Kier molecular flexibility index (Phi) is 7.34. The Bertz CT molecular complexity index is 1090. The molecule has 1 saturated heterocycles. The van der Waals surface area contributed by atoms with Gasteiger partial charge in [-0.15, -0.1) is 0 Å². The van der Waals surface area contributed by atoms with Gasteiger partial charge < -0.3 is 14.1 Å². The van der Waals surface area contributed by atoms with Crippen molar-refractivity contribution >= 4 is 0 Å². The maximum Gasteiger partial charge on any atom is 0.229 e. The highest BCUT2D eigenvalue weighted by molar-refractivity contribution is 5.62. The van der Waals surface area contributed by atoms with E-state index in [2.05, 4.69) is 75.4 Å². The van der Waals surface area contributed by atoms with E-state index in [0.717, 1.165) is 50.5 Å². The minimum atomic E-state index is 0.305. The highest BCUT2D eigenvalue weighted by atomic mass is 16.5. The van der Waals surface area contributed by atoms with Gasteiger partial charge in [-0.25, -0.2) is 4.98 Å². The van der Waals surface area contributed by atoms with Crippen LogP contribution in [0.1, 0.15) is 23.6 Å². The maximum atomic E-state index is 6.09. The molecule has 5 rings (SSSR count). The number of para-hydroxylation sites is 1. The molecule has 5 nitrogen and oxygen atoms in total. The molecular formula is C29H31N3O2. The van der Waals surface area contributed by atoms with Crippen LogP contribution in [0, 0.1) is 0 Å². The Hall–Kier alpha value is -3.41. The van der Waals surface area contributed by atoms with E-state index in [4.69, 9.17) is 9.15 Å². The van der Waals surface area contributed by atoms with Gasteiger partial charge in [-0.1, -0.05) is 72.8 Å². The Morgan fingerprint density at radius 3 is 2.09 bits per heavy atom. The van der Waals surface area contributed by atoms with Crippen LogP contribution in [-0.2, 0) is 0 Å². The Morgan fingerprint density at radius 2 is 1.44 bits per heavy atom. The molecule has 0 bridgehead atoms. The van der Waals surface area contributed by atoms with Gasteiger partial charge in [0.15, 0.2) is 0 Å². The molecule has 1 aliphatic heterocycles. The minimum Gasteiger partial charge on any atom is -0.493 e. The summed E-state index contributed by atoms with van der Waals surface area (Å²) in [6.45, 7) is 5.97. The molecular weight excluding hydrogens is 422 g/mol. The molecule has 3 aromatic carbocycles. The molecule has 0 radical (unpaired) electrons. The lowest BCUT2D eigenvalue weighted by Crippen LogP contribution is -2.48. The van der Waals surface area contributed by atoms with E-state index in [0.29, 0.717) is 18.5 Å². The average Bonchev–Trinajstić information content (AvgIpc) is 3.44. The van der Waals surface area contributed by atoms with Crippen molar-refractivity contribution in [3.63, 3.8) is 0 Å². The zero-order valence-corrected chi connectivity index (χ0v) is 19.4. The maximum absolute atomic E-state index is 6.09. The Labute approximate surface area is 201 Å². The number of aromatic nitrogens is 1. The van der Waals surface area contributed by atoms with Crippen molar-refractivity contribution in [1.29, 1.82) is 0 Å². The summed E-state index contributed by atoms with van der Waals surface area (Å²) in [7, 11) is 0. The number of hydrogen-bond acceptors (Lipinski definition) is 5. The molecule has 5 heteroatoms. The van der Waals surface area contributed by atoms with E-state index in [9.17, 15) is 0 Å². The minimum absolute atomic E-state index is 0.305. The van der Waals surface area contributed by atoms with Crippen molar-refractivity contribution in [3.05, 3.63) is 109 Å². The third-order valence-corrected chi connectivity index (χ3v) is 6.43. The van der Waals surface area contributed by atoms with Crippen molar-refractivity contribution in [2.75, 3.05) is 39.3 Å². The van der Waals surface area contributed by atoms with Gasteiger partial charge >= 0.3 is 0 Å². The van der Waals surface area contributed by atoms with Gasteiger partial charge in [0.05, 0.1) is 24.4 Å². The lowest BCUT2D eigenvalue weighted by atomic mass is 9.96. The summed E-state index contributed by atoms with van der Waals surface area (Å²) < 4.78 is 11.5. The van der Waals surface area contributed by atoms with Crippen LogP contribution < -0.4 is 4.74 Å². The van der Waals surface area contributed by atoms with Crippen molar-refractivity contribution in [2.24, 2.45) is 0 Å². The molecule has 0 N–H and O–H groups in total. The van der Waals surface area contributed by atoms with E-state index in [1.165, 1.54) is 11.1 Å². The largest absolute Gasteiger partial charge is 0.493 e. The fourth-order valence-corrected chi connectivity index (χ4v) is 4.73. The van der Waals surface area contributed by atoms with Gasteiger partial charge in [-0.3, -0.25) is 4.90 Å². The molecule has 0 aliphatic carbocycles. The third kappa shape index (κ3) is 5.38. The summed E-state index contributed by atoms with van der Waals surface area (Å²) in [6, 6.07) is 30.0. The summed E-state index contributed by atoms with van der Waals surface area (Å²) in [5, 5.41) is 0. The van der Waals surface area contributed by atoms with Crippen molar-refractivity contribution in [1.82, 2.24) is 14.8 Å². The van der Waals surface area contributed by atoms with E-state index in [1.807, 2.05) is 24.3 Å². The molecule has 0 saturated carbocycles. The van der Waals surface area contributed by atoms with Crippen molar-refractivity contribution < 1.29 is 9.15 Å². The van der Waals surface area contributed by atoms with Crippen LogP contribution in [0.15, 0.2) is 102 Å². The smallest absolute Gasteiger partial charge is 0.229 e. The van der Waals surface area contributed by atoms with E-state index in [-0.39, 0.29) is 0 Å². The molecule has 0 atom stereocenters. The van der Waals surface area contributed by atoms with Gasteiger partial charge in [0.1, 0.15) is 12.0 Å². The lowest BCUT2D eigenvalue weighted by molar-refractivity contribution is 0.105. The number of nitrogens with zero attached hydrogens (tertiary/aromatic N) is 3. The molecule has 2 heterocycles. The van der Waals surface area contributed by atoms with Gasteiger partial charge in [0.25, 0.3) is 0 Å². The van der Waals surface area contributed by atoms with Gasteiger partial charge in [-0.2, -0.15) is 0 Å². The number of piperazine rings is 1. The molecule has 0 amide bonds. The normalized spacial score (nSPS) is 15.0. The first-order chi connectivity index (χ1) is 16.9. The molecule has 0 unspecified atom stereocenters. The average molecular weight is 454 g/mol. The topological polar surface area (TPSA) is 41.7 Å². The van der Waals surface area contributed by atoms with Crippen LogP contribution in [0.25, 0.3) is 11.5 Å².